The highest BCUT2D eigenvalue weighted by Gasteiger charge is 2.34. The van der Waals surface area contributed by atoms with Gasteiger partial charge in [-0.25, -0.2) is 0 Å². The lowest BCUT2D eigenvalue weighted by molar-refractivity contribution is -0.137. The summed E-state index contributed by atoms with van der Waals surface area (Å²) in [7, 11) is 3.10. The third kappa shape index (κ3) is 2.43. The summed E-state index contributed by atoms with van der Waals surface area (Å²) in [6, 6.07) is -0.123. The van der Waals surface area contributed by atoms with Crippen molar-refractivity contribution in [2.24, 2.45) is 0 Å². The Morgan fingerprint density at radius 3 is 2.79 bits per heavy atom. The van der Waals surface area contributed by atoms with Crippen LogP contribution in [0.25, 0.3) is 0 Å². The van der Waals surface area contributed by atoms with Gasteiger partial charge in [0, 0.05) is 20.8 Å². The van der Waals surface area contributed by atoms with Gasteiger partial charge in [0.25, 0.3) is 0 Å². The number of carbonyl (C=O) groups excluding carboxylic acids is 1. The van der Waals surface area contributed by atoms with Crippen LogP contribution in [0.15, 0.2) is 0 Å². The van der Waals surface area contributed by atoms with E-state index in [0.29, 0.717) is 13.0 Å². The van der Waals surface area contributed by atoms with Crippen LogP contribution in [0.2, 0.25) is 0 Å². The molecule has 0 aromatic rings. The average Bonchev–Trinajstić information content (AvgIpc) is 2.61. The number of rotatable bonds is 4. The zero-order chi connectivity index (χ0) is 10.6. The Bertz CT molecular complexity index is 197. The Balaban J connectivity index is 2.54. The molecule has 1 N–H and O–H groups in total. The number of methoxy groups -OCH3 is 2. The Labute approximate surface area is 83.6 Å². The molecule has 1 aliphatic rings. The molecule has 1 fully saturated rings. The summed E-state index contributed by atoms with van der Waals surface area (Å²) in [5.41, 5.74) is 0. The summed E-state index contributed by atoms with van der Waals surface area (Å²) >= 11 is 0. The number of ether oxygens (including phenoxy) is 2. The second kappa shape index (κ2) is 5.29. The number of amides is 1. The van der Waals surface area contributed by atoms with Crippen molar-refractivity contribution < 1.29 is 19.4 Å². The molecule has 82 valence electrons. The van der Waals surface area contributed by atoms with E-state index in [1.807, 2.05) is 0 Å². The third-order valence-corrected chi connectivity index (χ3v) is 2.51. The van der Waals surface area contributed by atoms with Crippen molar-refractivity contribution in [2.45, 2.75) is 18.6 Å². The lowest BCUT2D eigenvalue weighted by Gasteiger charge is -2.22. The van der Waals surface area contributed by atoms with Gasteiger partial charge in [0.2, 0.25) is 5.91 Å². The maximum Gasteiger partial charge on any atom is 0.248 e. The second-order valence-electron chi connectivity index (χ2n) is 3.41. The molecule has 0 spiro atoms. The van der Waals surface area contributed by atoms with Gasteiger partial charge in [-0.05, 0) is 6.42 Å². The highest BCUT2D eigenvalue weighted by atomic mass is 16.5. The van der Waals surface area contributed by atoms with E-state index < -0.39 is 0 Å². The highest BCUT2D eigenvalue weighted by molar-refractivity contribution is 5.78. The molecule has 1 saturated heterocycles. The molecule has 1 aliphatic heterocycles. The lowest BCUT2D eigenvalue weighted by atomic mass is 10.2. The maximum atomic E-state index is 11.5. The van der Waals surface area contributed by atoms with Crippen LogP contribution >= 0.6 is 0 Å². The molecule has 0 aliphatic carbocycles. The zero-order valence-corrected chi connectivity index (χ0v) is 8.60. The Kier molecular flexibility index (Phi) is 4.31. The van der Waals surface area contributed by atoms with Crippen molar-refractivity contribution in [3.8, 4) is 0 Å². The zero-order valence-electron chi connectivity index (χ0n) is 8.60. The van der Waals surface area contributed by atoms with Crippen molar-refractivity contribution >= 4 is 5.91 Å². The van der Waals surface area contributed by atoms with Crippen LogP contribution < -0.4 is 0 Å². The molecule has 0 bridgehead atoms. The van der Waals surface area contributed by atoms with E-state index in [-0.39, 0.29) is 31.3 Å². The van der Waals surface area contributed by atoms with Crippen LogP contribution in [-0.4, -0.2) is 62.0 Å². The Hall–Kier alpha value is -0.650. The molecule has 0 unspecified atom stereocenters. The van der Waals surface area contributed by atoms with Crippen LogP contribution in [-0.2, 0) is 14.3 Å². The van der Waals surface area contributed by atoms with Gasteiger partial charge in [0.1, 0.15) is 6.61 Å². The monoisotopic (exact) mass is 203 g/mol. The number of aliphatic hydroxyl groups excluding tert-OH is 1. The van der Waals surface area contributed by atoms with Gasteiger partial charge in [-0.2, -0.15) is 0 Å². The van der Waals surface area contributed by atoms with E-state index in [9.17, 15) is 4.79 Å². The van der Waals surface area contributed by atoms with E-state index in [4.69, 9.17) is 14.6 Å². The van der Waals surface area contributed by atoms with Gasteiger partial charge in [-0.15, -0.1) is 0 Å². The topological polar surface area (TPSA) is 59.0 Å². The van der Waals surface area contributed by atoms with E-state index >= 15 is 0 Å². The molecule has 1 amide bonds. The van der Waals surface area contributed by atoms with Crippen molar-refractivity contribution in [3.63, 3.8) is 0 Å². The number of aliphatic hydroxyl groups is 1. The second-order valence-corrected chi connectivity index (χ2v) is 3.41. The number of nitrogens with zero attached hydrogens (tertiary/aromatic N) is 1. The SMILES string of the molecule is COCC(=O)N1C[C@H](OC)C[C@H]1CO. The molecule has 5 nitrogen and oxygen atoms in total. The van der Waals surface area contributed by atoms with E-state index in [0.717, 1.165) is 0 Å². The molecule has 5 heteroatoms. The third-order valence-electron chi connectivity index (χ3n) is 2.51. The number of likely N-dealkylation sites (tertiary alicyclic amines) is 1. The average molecular weight is 203 g/mol. The first-order valence-corrected chi connectivity index (χ1v) is 4.65. The standard InChI is InChI=1S/C9H17NO4/c1-13-6-9(12)10-4-8(14-2)3-7(10)5-11/h7-8,11H,3-6H2,1-2H3/t7-,8+/m0/s1. The molecule has 1 rings (SSSR count). The molecule has 0 saturated carbocycles. The fourth-order valence-electron chi connectivity index (χ4n) is 1.73. The summed E-state index contributed by atoms with van der Waals surface area (Å²) in [6.45, 7) is 0.589. The van der Waals surface area contributed by atoms with Crippen LogP contribution in [0, 0.1) is 0 Å². The van der Waals surface area contributed by atoms with Crippen molar-refractivity contribution in [1.29, 1.82) is 0 Å². The lowest BCUT2D eigenvalue weighted by Crippen LogP contribution is -2.40. The largest absolute Gasteiger partial charge is 0.394 e. The predicted molar refractivity (Wildman–Crippen MR) is 49.9 cm³/mol. The minimum Gasteiger partial charge on any atom is -0.394 e. The summed E-state index contributed by atoms with van der Waals surface area (Å²) < 4.78 is 9.92. The Morgan fingerprint density at radius 1 is 1.57 bits per heavy atom. The van der Waals surface area contributed by atoms with Gasteiger partial charge >= 0.3 is 0 Å². The maximum absolute atomic E-state index is 11.5. The molecule has 0 radical (unpaired) electrons. The van der Waals surface area contributed by atoms with Gasteiger partial charge in [0.05, 0.1) is 18.8 Å². The molecule has 2 atom stereocenters. The predicted octanol–water partition coefficient (Wildman–Crippen LogP) is -0.759. The molecule has 0 aromatic carbocycles. The first kappa shape index (κ1) is 11.4. The molecular formula is C9H17NO4. The first-order chi connectivity index (χ1) is 6.72. The molecule has 0 aromatic heterocycles. The van der Waals surface area contributed by atoms with Crippen LogP contribution in [0.1, 0.15) is 6.42 Å². The van der Waals surface area contributed by atoms with Crippen LogP contribution in [0.5, 0.6) is 0 Å². The van der Waals surface area contributed by atoms with Gasteiger partial charge in [-0.1, -0.05) is 0 Å². The van der Waals surface area contributed by atoms with Crippen molar-refractivity contribution in [2.75, 3.05) is 34.0 Å². The first-order valence-electron chi connectivity index (χ1n) is 4.65. The van der Waals surface area contributed by atoms with Crippen LogP contribution in [0.4, 0.5) is 0 Å². The van der Waals surface area contributed by atoms with Crippen molar-refractivity contribution in [1.82, 2.24) is 4.90 Å². The molecular weight excluding hydrogens is 186 g/mol. The van der Waals surface area contributed by atoms with Gasteiger partial charge < -0.3 is 19.5 Å². The minimum atomic E-state index is -0.123. The number of hydrogen-bond donors (Lipinski definition) is 1. The van der Waals surface area contributed by atoms with Gasteiger partial charge in [-0.3, -0.25) is 4.79 Å². The summed E-state index contributed by atoms with van der Waals surface area (Å²) in [6.07, 6.45) is 0.732. The fraction of sp³-hybridized carbons (Fsp3) is 0.889. The van der Waals surface area contributed by atoms with E-state index in [1.165, 1.54) is 7.11 Å². The normalized spacial score (nSPS) is 26.9. The van der Waals surface area contributed by atoms with Gasteiger partial charge in [0.15, 0.2) is 0 Å². The molecule has 14 heavy (non-hydrogen) atoms. The number of hydrogen-bond acceptors (Lipinski definition) is 4. The van der Waals surface area contributed by atoms with E-state index in [1.54, 1.807) is 12.0 Å². The smallest absolute Gasteiger partial charge is 0.248 e. The Morgan fingerprint density at radius 2 is 2.29 bits per heavy atom. The summed E-state index contributed by atoms with van der Waals surface area (Å²) in [5, 5.41) is 9.08. The van der Waals surface area contributed by atoms with Crippen LogP contribution in [0.3, 0.4) is 0 Å². The molecule has 1 heterocycles. The number of carbonyl (C=O) groups is 1. The highest BCUT2D eigenvalue weighted by Crippen LogP contribution is 2.19. The summed E-state index contributed by atoms with van der Waals surface area (Å²) in [5.74, 6) is -0.0916. The summed E-state index contributed by atoms with van der Waals surface area (Å²) in [4.78, 5) is 13.1. The van der Waals surface area contributed by atoms with E-state index in [2.05, 4.69) is 0 Å². The quantitative estimate of drug-likeness (QED) is 0.652. The minimum absolute atomic E-state index is 0.0185. The van der Waals surface area contributed by atoms with Crippen molar-refractivity contribution in [3.05, 3.63) is 0 Å². The fourth-order valence-corrected chi connectivity index (χ4v) is 1.73.